The molecule has 0 aliphatic heterocycles. The van der Waals surface area contributed by atoms with Crippen molar-refractivity contribution < 1.29 is 4.79 Å². The van der Waals surface area contributed by atoms with Gasteiger partial charge in [0.15, 0.2) is 0 Å². The first-order chi connectivity index (χ1) is 12.1. The van der Waals surface area contributed by atoms with Crippen LogP contribution < -0.4 is 5.73 Å². The standard InChI is InChI=1S/C20H22N4O/c1-23(12-17-7-9-19(10-8-17)20(21)25)13-18-11-22-24(15-18)14-16-5-3-2-4-6-16/h2-11,15H,12-14H2,1H3,(H2,21,25). The average molecular weight is 334 g/mol. The smallest absolute Gasteiger partial charge is 0.248 e. The molecule has 3 aromatic rings. The van der Waals surface area contributed by atoms with E-state index in [1.54, 1.807) is 12.1 Å². The maximum atomic E-state index is 11.1. The fourth-order valence-electron chi connectivity index (χ4n) is 2.80. The van der Waals surface area contributed by atoms with Gasteiger partial charge in [-0.05, 0) is 30.3 Å². The molecule has 128 valence electrons. The second-order valence-electron chi connectivity index (χ2n) is 6.27. The van der Waals surface area contributed by atoms with Crippen molar-refractivity contribution in [3.8, 4) is 0 Å². The minimum atomic E-state index is -0.397. The summed E-state index contributed by atoms with van der Waals surface area (Å²) in [5.41, 5.74) is 9.35. The summed E-state index contributed by atoms with van der Waals surface area (Å²) in [7, 11) is 2.07. The van der Waals surface area contributed by atoms with Crippen molar-refractivity contribution in [2.24, 2.45) is 5.73 Å². The lowest BCUT2D eigenvalue weighted by Crippen LogP contribution is -2.17. The maximum absolute atomic E-state index is 11.1. The number of hydrogen-bond acceptors (Lipinski definition) is 3. The van der Waals surface area contributed by atoms with E-state index in [2.05, 4.69) is 35.4 Å². The molecule has 5 nitrogen and oxygen atoms in total. The maximum Gasteiger partial charge on any atom is 0.248 e. The quantitative estimate of drug-likeness (QED) is 0.722. The fourth-order valence-corrected chi connectivity index (χ4v) is 2.80. The second kappa shape index (κ2) is 7.77. The minimum Gasteiger partial charge on any atom is -0.366 e. The van der Waals surface area contributed by atoms with Crippen molar-refractivity contribution in [2.45, 2.75) is 19.6 Å². The molecule has 0 fully saturated rings. The van der Waals surface area contributed by atoms with Gasteiger partial charge in [0.05, 0.1) is 12.7 Å². The van der Waals surface area contributed by atoms with E-state index in [0.29, 0.717) is 5.56 Å². The zero-order chi connectivity index (χ0) is 17.6. The lowest BCUT2D eigenvalue weighted by molar-refractivity contribution is 0.100. The van der Waals surface area contributed by atoms with Crippen LogP contribution in [0.4, 0.5) is 0 Å². The molecule has 1 amide bonds. The van der Waals surface area contributed by atoms with Gasteiger partial charge in [0.2, 0.25) is 5.91 Å². The van der Waals surface area contributed by atoms with Crippen molar-refractivity contribution in [2.75, 3.05) is 7.05 Å². The third kappa shape index (κ3) is 4.78. The van der Waals surface area contributed by atoms with E-state index < -0.39 is 5.91 Å². The van der Waals surface area contributed by atoms with Crippen molar-refractivity contribution in [3.63, 3.8) is 0 Å². The third-order valence-corrected chi connectivity index (χ3v) is 4.02. The number of carbonyl (C=O) groups is 1. The Bertz CT molecular complexity index is 824. The molecule has 0 aliphatic carbocycles. The summed E-state index contributed by atoms with van der Waals surface area (Å²) in [5, 5.41) is 4.44. The lowest BCUT2D eigenvalue weighted by atomic mass is 10.1. The molecule has 2 N–H and O–H groups in total. The highest BCUT2D eigenvalue weighted by Crippen LogP contribution is 2.10. The zero-order valence-corrected chi connectivity index (χ0v) is 14.3. The van der Waals surface area contributed by atoms with Crippen molar-refractivity contribution >= 4 is 5.91 Å². The topological polar surface area (TPSA) is 64.2 Å². The SMILES string of the molecule is CN(Cc1ccc(C(N)=O)cc1)Cc1cnn(Cc2ccccc2)c1. The van der Waals surface area contributed by atoms with E-state index >= 15 is 0 Å². The van der Waals surface area contributed by atoms with E-state index in [0.717, 1.165) is 25.2 Å². The Morgan fingerprint density at radius 3 is 2.36 bits per heavy atom. The van der Waals surface area contributed by atoms with Gasteiger partial charge in [0.25, 0.3) is 0 Å². The van der Waals surface area contributed by atoms with Crippen LogP contribution in [-0.2, 0) is 19.6 Å². The number of nitrogens with two attached hydrogens (primary N) is 1. The molecule has 0 atom stereocenters. The van der Waals surface area contributed by atoms with Gasteiger partial charge in [-0.15, -0.1) is 0 Å². The molecule has 3 rings (SSSR count). The summed E-state index contributed by atoms with van der Waals surface area (Å²) in [6.45, 7) is 2.38. The van der Waals surface area contributed by atoms with Crippen LogP contribution >= 0.6 is 0 Å². The van der Waals surface area contributed by atoms with Crippen molar-refractivity contribution in [1.82, 2.24) is 14.7 Å². The first-order valence-electron chi connectivity index (χ1n) is 8.23. The van der Waals surface area contributed by atoms with Gasteiger partial charge in [-0.25, -0.2) is 0 Å². The van der Waals surface area contributed by atoms with Crippen LogP contribution in [-0.4, -0.2) is 27.6 Å². The Hall–Kier alpha value is -2.92. The Balaban J connectivity index is 1.56. The Morgan fingerprint density at radius 1 is 1.00 bits per heavy atom. The Morgan fingerprint density at radius 2 is 1.68 bits per heavy atom. The third-order valence-electron chi connectivity index (χ3n) is 4.02. The molecule has 0 aliphatic rings. The van der Waals surface area contributed by atoms with Gasteiger partial charge in [0, 0.05) is 30.4 Å². The molecule has 1 heterocycles. The van der Waals surface area contributed by atoms with Crippen molar-refractivity contribution in [3.05, 3.63) is 89.2 Å². The number of hydrogen-bond donors (Lipinski definition) is 1. The van der Waals surface area contributed by atoms with Crippen LogP contribution in [0.3, 0.4) is 0 Å². The number of benzene rings is 2. The summed E-state index contributed by atoms with van der Waals surface area (Å²) in [6.07, 6.45) is 4.00. The van der Waals surface area contributed by atoms with Crippen LogP contribution in [0.1, 0.15) is 27.0 Å². The van der Waals surface area contributed by atoms with E-state index in [1.807, 2.05) is 41.2 Å². The van der Waals surface area contributed by atoms with Gasteiger partial charge in [-0.1, -0.05) is 42.5 Å². The molecule has 0 spiro atoms. The minimum absolute atomic E-state index is 0.397. The molecule has 0 unspecified atom stereocenters. The highest BCUT2D eigenvalue weighted by molar-refractivity contribution is 5.92. The molecule has 0 radical (unpaired) electrons. The first kappa shape index (κ1) is 16.9. The van der Waals surface area contributed by atoms with Crippen LogP contribution in [0.15, 0.2) is 67.0 Å². The Labute approximate surface area is 147 Å². The summed E-state index contributed by atoms with van der Waals surface area (Å²) in [5.74, 6) is -0.397. The summed E-state index contributed by atoms with van der Waals surface area (Å²) < 4.78 is 1.96. The first-order valence-corrected chi connectivity index (χ1v) is 8.23. The van der Waals surface area contributed by atoms with Gasteiger partial charge >= 0.3 is 0 Å². The fraction of sp³-hybridized carbons (Fsp3) is 0.200. The predicted octanol–water partition coefficient (Wildman–Crippen LogP) is 2.66. The molecule has 2 aromatic carbocycles. The van der Waals surface area contributed by atoms with Gasteiger partial charge in [0.1, 0.15) is 0 Å². The molecule has 0 saturated carbocycles. The largest absolute Gasteiger partial charge is 0.366 e. The van der Waals surface area contributed by atoms with Crippen LogP contribution in [0.5, 0.6) is 0 Å². The normalized spacial score (nSPS) is 11.0. The number of amides is 1. The summed E-state index contributed by atoms with van der Waals surface area (Å²) in [4.78, 5) is 13.3. The summed E-state index contributed by atoms with van der Waals surface area (Å²) >= 11 is 0. The average Bonchev–Trinajstić information content (AvgIpc) is 3.03. The van der Waals surface area contributed by atoms with Crippen LogP contribution in [0.2, 0.25) is 0 Å². The number of rotatable bonds is 7. The van der Waals surface area contributed by atoms with Gasteiger partial charge in [-0.2, -0.15) is 5.10 Å². The lowest BCUT2D eigenvalue weighted by Gasteiger charge is -2.15. The van der Waals surface area contributed by atoms with Crippen LogP contribution in [0.25, 0.3) is 0 Å². The zero-order valence-electron chi connectivity index (χ0n) is 14.3. The number of carbonyl (C=O) groups excluding carboxylic acids is 1. The summed E-state index contributed by atoms with van der Waals surface area (Å²) in [6, 6.07) is 17.7. The number of aromatic nitrogens is 2. The van der Waals surface area contributed by atoms with Gasteiger partial charge < -0.3 is 5.73 Å². The molecular formula is C20H22N4O. The number of nitrogens with zero attached hydrogens (tertiary/aromatic N) is 3. The second-order valence-corrected chi connectivity index (χ2v) is 6.27. The van der Waals surface area contributed by atoms with Crippen LogP contribution in [0, 0.1) is 0 Å². The molecule has 5 heteroatoms. The monoisotopic (exact) mass is 334 g/mol. The van der Waals surface area contributed by atoms with Gasteiger partial charge in [-0.3, -0.25) is 14.4 Å². The molecule has 0 saturated heterocycles. The number of primary amides is 1. The van der Waals surface area contributed by atoms with E-state index in [-0.39, 0.29) is 0 Å². The Kier molecular flexibility index (Phi) is 5.26. The van der Waals surface area contributed by atoms with Crippen molar-refractivity contribution in [1.29, 1.82) is 0 Å². The molecule has 1 aromatic heterocycles. The molecule has 25 heavy (non-hydrogen) atoms. The highest BCUT2D eigenvalue weighted by atomic mass is 16.1. The highest BCUT2D eigenvalue weighted by Gasteiger charge is 2.06. The molecular weight excluding hydrogens is 312 g/mol. The molecule has 0 bridgehead atoms. The predicted molar refractivity (Wildman–Crippen MR) is 97.9 cm³/mol. The van der Waals surface area contributed by atoms with E-state index in [9.17, 15) is 4.79 Å². The van der Waals surface area contributed by atoms with E-state index in [4.69, 9.17) is 5.73 Å². The van der Waals surface area contributed by atoms with E-state index in [1.165, 1.54) is 11.1 Å².